The van der Waals surface area contributed by atoms with Crippen LogP contribution in [0.15, 0.2) is 16.8 Å². The summed E-state index contributed by atoms with van der Waals surface area (Å²) in [5.41, 5.74) is 0.697. The maximum Gasteiger partial charge on any atom is 0.246 e. The molecule has 1 saturated heterocycles. The first kappa shape index (κ1) is 12.7. The number of hydrogen-bond acceptors (Lipinski definition) is 3. The Morgan fingerprint density at radius 3 is 2.79 bits per heavy atom. The van der Waals surface area contributed by atoms with Crippen LogP contribution >= 0.6 is 11.3 Å². The Hall–Kier alpha value is -1.36. The SMILES string of the molecule is O=C1CNC(=O)C2(CCCC2)N1CCc1ccsc1. The molecular weight excluding hydrogens is 260 g/mol. The number of carbonyl (C=O) groups excluding carboxylic acids is 2. The minimum absolute atomic E-state index is 0.0509. The number of amides is 2. The molecule has 3 rings (SSSR count). The number of thiophene rings is 1. The zero-order valence-electron chi connectivity index (χ0n) is 10.9. The predicted molar refractivity (Wildman–Crippen MR) is 73.9 cm³/mol. The summed E-state index contributed by atoms with van der Waals surface area (Å²) in [6, 6.07) is 2.08. The van der Waals surface area contributed by atoms with Gasteiger partial charge in [0.1, 0.15) is 5.54 Å². The van der Waals surface area contributed by atoms with Crippen molar-refractivity contribution in [3.63, 3.8) is 0 Å². The maximum absolute atomic E-state index is 12.2. The van der Waals surface area contributed by atoms with Gasteiger partial charge in [-0.2, -0.15) is 11.3 Å². The average Bonchev–Trinajstić information content (AvgIpc) is 3.06. The molecule has 1 spiro atoms. The fraction of sp³-hybridized carbons (Fsp3) is 0.571. The second-order valence-corrected chi connectivity index (χ2v) is 6.13. The van der Waals surface area contributed by atoms with Gasteiger partial charge in [-0.3, -0.25) is 9.59 Å². The molecule has 1 aromatic heterocycles. The fourth-order valence-corrected chi connectivity index (χ4v) is 3.95. The predicted octanol–water partition coefficient (Wildman–Crippen LogP) is 1.56. The molecule has 0 aromatic carbocycles. The monoisotopic (exact) mass is 278 g/mol. The minimum Gasteiger partial charge on any atom is -0.345 e. The topological polar surface area (TPSA) is 49.4 Å². The van der Waals surface area contributed by atoms with Crippen molar-refractivity contribution < 1.29 is 9.59 Å². The van der Waals surface area contributed by atoms with Crippen LogP contribution in [-0.2, 0) is 16.0 Å². The second-order valence-electron chi connectivity index (χ2n) is 5.35. The van der Waals surface area contributed by atoms with Crippen LogP contribution in [0.1, 0.15) is 31.2 Å². The molecule has 0 radical (unpaired) electrons. The lowest BCUT2D eigenvalue weighted by Crippen LogP contribution is -2.66. The normalized spacial score (nSPS) is 22.0. The molecule has 2 aliphatic rings. The van der Waals surface area contributed by atoms with Crippen molar-refractivity contribution in [1.82, 2.24) is 10.2 Å². The third-order valence-electron chi connectivity index (χ3n) is 4.28. The summed E-state index contributed by atoms with van der Waals surface area (Å²) in [5, 5.41) is 6.91. The van der Waals surface area contributed by atoms with Crippen LogP contribution in [-0.4, -0.2) is 35.3 Å². The first-order valence-corrected chi connectivity index (χ1v) is 7.76. The molecule has 19 heavy (non-hydrogen) atoms. The molecule has 1 aliphatic heterocycles. The van der Waals surface area contributed by atoms with E-state index >= 15 is 0 Å². The van der Waals surface area contributed by atoms with Crippen molar-refractivity contribution >= 4 is 23.2 Å². The van der Waals surface area contributed by atoms with Crippen LogP contribution in [0.5, 0.6) is 0 Å². The smallest absolute Gasteiger partial charge is 0.246 e. The Bertz CT molecular complexity index is 478. The van der Waals surface area contributed by atoms with Gasteiger partial charge in [0.2, 0.25) is 11.8 Å². The van der Waals surface area contributed by atoms with Crippen LogP contribution in [0.4, 0.5) is 0 Å². The van der Waals surface area contributed by atoms with Gasteiger partial charge in [0.25, 0.3) is 0 Å². The maximum atomic E-state index is 12.2. The summed E-state index contributed by atoms with van der Waals surface area (Å²) in [6.45, 7) is 0.813. The van der Waals surface area contributed by atoms with E-state index in [1.165, 1.54) is 5.56 Å². The summed E-state index contributed by atoms with van der Waals surface area (Å²) < 4.78 is 0. The highest BCUT2D eigenvalue weighted by atomic mass is 32.1. The molecule has 0 unspecified atom stereocenters. The van der Waals surface area contributed by atoms with Crippen molar-refractivity contribution in [3.8, 4) is 0 Å². The lowest BCUT2D eigenvalue weighted by Gasteiger charge is -2.43. The van der Waals surface area contributed by atoms with E-state index in [0.717, 1.165) is 32.1 Å². The molecule has 0 atom stereocenters. The Morgan fingerprint density at radius 2 is 2.11 bits per heavy atom. The number of rotatable bonds is 3. The fourth-order valence-electron chi connectivity index (χ4n) is 3.25. The van der Waals surface area contributed by atoms with Gasteiger partial charge in [0, 0.05) is 6.54 Å². The molecule has 2 heterocycles. The Morgan fingerprint density at radius 1 is 1.32 bits per heavy atom. The number of piperazine rings is 1. The molecule has 1 aromatic rings. The van der Waals surface area contributed by atoms with Crippen LogP contribution in [0.2, 0.25) is 0 Å². The molecular formula is C14H18N2O2S. The van der Waals surface area contributed by atoms with E-state index in [2.05, 4.69) is 16.8 Å². The Balaban J connectivity index is 1.78. The molecule has 1 aliphatic carbocycles. The highest BCUT2D eigenvalue weighted by Gasteiger charge is 2.50. The number of nitrogens with one attached hydrogen (secondary N) is 1. The highest BCUT2D eigenvalue weighted by molar-refractivity contribution is 7.07. The van der Waals surface area contributed by atoms with E-state index < -0.39 is 5.54 Å². The zero-order chi connectivity index (χ0) is 13.3. The van der Waals surface area contributed by atoms with Gasteiger partial charge in [0.15, 0.2) is 0 Å². The Labute approximate surface area is 116 Å². The van der Waals surface area contributed by atoms with Crippen molar-refractivity contribution in [2.45, 2.75) is 37.6 Å². The van der Waals surface area contributed by atoms with Crippen LogP contribution in [0.25, 0.3) is 0 Å². The second kappa shape index (κ2) is 4.96. The van der Waals surface area contributed by atoms with Crippen molar-refractivity contribution in [3.05, 3.63) is 22.4 Å². The summed E-state index contributed by atoms with van der Waals surface area (Å²) >= 11 is 1.67. The van der Waals surface area contributed by atoms with E-state index in [-0.39, 0.29) is 18.4 Å². The third-order valence-corrected chi connectivity index (χ3v) is 5.01. The third kappa shape index (κ3) is 2.16. The molecule has 5 heteroatoms. The molecule has 4 nitrogen and oxygen atoms in total. The molecule has 0 bridgehead atoms. The highest BCUT2D eigenvalue weighted by Crippen LogP contribution is 2.37. The van der Waals surface area contributed by atoms with Gasteiger partial charge < -0.3 is 10.2 Å². The lowest BCUT2D eigenvalue weighted by molar-refractivity contribution is -0.153. The first-order chi connectivity index (χ1) is 9.22. The number of nitrogens with zero attached hydrogens (tertiary/aromatic N) is 1. The molecule has 1 N–H and O–H groups in total. The molecule has 2 fully saturated rings. The van der Waals surface area contributed by atoms with E-state index in [1.807, 2.05) is 10.3 Å². The molecule has 102 valence electrons. The standard InChI is InChI=1S/C14H18N2O2S/c17-12-9-15-13(18)14(5-1-2-6-14)16(12)7-3-11-4-8-19-10-11/h4,8,10H,1-3,5-7,9H2,(H,15,18). The van der Waals surface area contributed by atoms with E-state index in [9.17, 15) is 9.59 Å². The van der Waals surface area contributed by atoms with Crippen molar-refractivity contribution in [1.29, 1.82) is 0 Å². The average molecular weight is 278 g/mol. The van der Waals surface area contributed by atoms with Crippen LogP contribution in [0, 0.1) is 0 Å². The van der Waals surface area contributed by atoms with E-state index in [4.69, 9.17) is 0 Å². The van der Waals surface area contributed by atoms with Gasteiger partial charge in [0.05, 0.1) is 6.54 Å². The summed E-state index contributed by atoms with van der Waals surface area (Å²) in [4.78, 5) is 26.3. The lowest BCUT2D eigenvalue weighted by atomic mass is 9.91. The summed E-state index contributed by atoms with van der Waals surface area (Å²) in [5.74, 6) is 0.117. The van der Waals surface area contributed by atoms with Gasteiger partial charge in [-0.1, -0.05) is 12.8 Å². The molecule has 2 amide bonds. The largest absolute Gasteiger partial charge is 0.345 e. The van der Waals surface area contributed by atoms with E-state index in [1.54, 1.807) is 11.3 Å². The number of hydrogen-bond donors (Lipinski definition) is 1. The van der Waals surface area contributed by atoms with Gasteiger partial charge in [-0.15, -0.1) is 0 Å². The molecule has 1 saturated carbocycles. The van der Waals surface area contributed by atoms with Crippen LogP contribution < -0.4 is 5.32 Å². The number of carbonyl (C=O) groups is 2. The zero-order valence-corrected chi connectivity index (χ0v) is 11.7. The summed E-state index contributed by atoms with van der Waals surface area (Å²) in [6.07, 6.45) is 4.54. The van der Waals surface area contributed by atoms with Crippen molar-refractivity contribution in [2.24, 2.45) is 0 Å². The van der Waals surface area contributed by atoms with Crippen LogP contribution in [0.3, 0.4) is 0 Å². The van der Waals surface area contributed by atoms with Gasteiger partial charge >= 0.3 is 0 Å². The van der Waals surface area contributed by atoms with Gasteiger partial charge in [-0.25, -0.2) is 0 Å². The van der Waals surface area contributed by atoms with E-state index in [0.29, 0.717) is 6.54 Å². The quantitative estimate of drug-likeness (QED) is 0.912. The van der Waals surface area contributed by atoms with Gasteiger partial charge in [-0.05, 0) is 41.7 Å². The minimum atomic E-state index is -0.550. The summed E-state index contributed by atoms with van der Waals surface area (Å²) in [7, 11) is 0. The Kier molecular flexibility index (Phi) is 3.31. The first-order valence-electron chi connectivity index (χ1n) is 6.82. The van der Waals surface area contributed by atoms with Crippen molar-refractivity contribution in [2.75, 3.05) is 13.1 Å².